The molecule has 0 aliphatic rings. The second-order valence-corrected chi connectivity index (χ2v) is 6.28. The van der Waals surface area contributed by atoms with E-state index in [-0.39, 0.29) is 0 Å². The molecule has 18 heavy (non-hydrogen) atoms. The van der Waals surface area contributed by atoms with Gasteiger partial charge in [-0.25, -0.2) is 0 Å². The Morgan fingerprint density at radius 2 is 2.11 bits per heavy atom. The van der Waals surface area contributed by atoms with E-state index in [1.54, 1.807) is 6.92 Å². The lowest BCUT2D eigenvalue weighted by Gasteiger charge is -2.29. The number of nitrogens with zero attached hydrogens (tertiary/aromatic N) is 1. The molecule has 0 aromatic heterocycles. The van der Waals surface area contributed by atoms with E-state index in [4.69, 9.17) is 0 Å². The lowest BCUT2D eigenvalue weighted by molar-refractivity contribution is 0.198. The molecule has 1 aromatic carbocycles. The molecule has 0 heterocycles. The van der Waals surface area contributed by atoms with E-state index < -0.39 is 6.10 Å². The van der Waals surface area contributed by atoms with Crippen molar-refractivity contribution in [1.82, 2.24) is 0 Å². The molecule has 2 nitrogen and oxygen atoms in total. The Bertz CT molecular complexity index is 384. The maximum Gasteiger partial charge on any atom is 0.0772 e. The molecular formula is C14H22BrNOS. The molecule has 1 N–H and O–H groups in total. The number of hydrogen-bond donors (Lipinski definition) is 1. The van der Waals surface area contributed by atoms with E-state index >= 15 is 0 Å². The normalized spacial score (nSPS) is 14.3. The fourth-order valence-electron chi connectivity index (χ4n) is 1.98. The highest BCUT2D eigenvalue weighted by Gasteiger charge is 2.14. The van der Waals surface area contributed by atoms with Crippen molar-refractivity contribution in [2.75, 3.05) is 24.0 Å². The Labute approximate surface area is 123 Å². The van der Waals surface area contributed by atoms with Crippen molar-refractivity contribution < 1.29 is 5.11 Å². The average Bonchev–Trinajstić information content (AvgIpc) is 2.34. The summed E-state index contributed by atoms with van der Waals surface area (Å²) < 4.78 is 0.973. The largest absolute Gasteiger partial charge is 0.389 e. The third-order valence-corrected chi connectivity index (χ3v) is 4.62. The van der Waals surface area contributed by atoms with Crippen LogP contribution >= 0.6 is 27.7 Å². The molecule has 0 saturated heterocycles. The van der Waals surface area contributed by atoms with Gasteiger partial charge < -0.3 is 10.0 Å². The molecule has 1 rings (SSSR count). The molecule has 0 radical (unpaired) electrons. The van der Waals surface area contributed by atoms with Crippen LogP contribution in [-0.4, -0.2) is 30.2 Å². The molecule has 0 aliphatic carbocycles. The van der Waals surface area contributed by atoms with Crippen LogP contribution < -0.4 is 4.90 Å². The molecule has 0 fully saturated rings. The Hall–Kier alpha value is -0.190. The van der Waals surface area contributed by atoms with Gasteiger partial charge in [-0.3, -0.25) is 0 Å². The highest BCUT2D eigenvalue weighted by Crippen LogP contribution is 2.29. The summed E-state index contributed by atoms with van der Waals surface area (Å²) in [5, 5.41) is 9.63. The molecule has 0 bridgehead atoms. The van der Waals surface area contributed by atoms with Crippen LogP contribution in [0.1, 0.15) is 31.9 Å². The van der Waals surface area contributed by atoms with Crippen molar-refractivity contribution in [3.8, 4) is 0 Å². The van der Waals surface area contributed by atoms with Crippen LogP contribution in [0.25, 0.3) is 0 Å². The van der Waals surface area contributed by atoms with Gasteiger partial charge in [-0.05, 0) is 37.3 Å². The summed E-state index contributed by atoms with van der Waals surface area (Å²) in [4.78, 5) is 2.31. The van der Waals surface area contributed by atoms with Crippen molar-refractivity contribution >= 4 is 33.4 Å². The van der Waals surface area contributed by atoms with E-state index in [0.717, 1.165) is 22.2 Å². The van der Waals surface area contributed by atoms with Crippen molar-refractivity contribution in [3.05, 3.63) is 28.2 Å². The number of benzene rings is 1. The zero-order valence-corrected chi connectivity index (χ0v) is 13.9. The first kappa shape index (κ1) is 15.9. The number of halogens is 1. The summed E-state index contributed by atoms with van der Waals surface area (Å²) in [5.41, 5.74) is 2.12. The predicted octanol–water partition coefficient (Wildman–Crippen LogP) is 4.08. The Morgan fingerprint density at radius 1 is 1.44 bits per heavy atom. The number of aliphatic hydroxyl groups excluding tert-OH is 1. The summed E-state index contributed by atoms with van der Waals surface area (Å²) >= 11 is 5.41. The topological polar surface area (TPSA) is 23.5 Å². The molecule has 102 valence electrons. The van der Waals surface area contributed by atoms with Crippen molar-refractivity contribution in [2.24, 2.45) is 0 Å². The molecule has 0 spiro atoms. The van der Waals surface area contributed by atoms with Crippen LogP contribution in [0, 0.1) is 0 Å². The maximum atomic E-state index is 9.63. The van der Waals surface area contributed by atoms with Gasteiger partial charge in [-0.2, -0.15) is 11.8 Å². The number of hydrogen-bond acceptors (Lipinski definition) is 3. The SMILES string of the molecule is CCC(CSC)N(C)c1ccc(C(C)O)c(Br)c1. The number of anilines is 1. The van der Waals surface area contributed by atoms with E-state index in [1.165, 1.54) is 5.69 Å². The van der Waals surface area contributed by atoms with Gasteiger partial charge >= 0.3 is 0 Å². The van der Waals surface area contributed by atoms with E-state index in [1.807, 2.05) is 17.8 Å². The number of aliphatic hydroxyl groups is 1. The lowest BCUT2D eigenvalue weighted by atomic mass is 10.1. The minimum atomic E-state index is -0.438. The van der Waals surface area contributed by atoms with E-state index in [9.17, 15) is 5.11 Å². The van der Waals surface area contributed by atoms with Gasteiger partial charge in [-0.1, -0.05) is 28.9 Å². The third kappa shape index (κ3) is 3.90. The van der Waals surface area contributed by atoms with E-state index in [0.29, 0.717) is 6.04 Å². The Morgan fingerprint density at radius 3 is 2.56 bits per heavy atom. The standard InChI is InChI=1S/C14H22BrNOS/c1-5-11(9-18-4)16(3)12-6-7-13(10(2)17)14(15)8-12/h6-8,10-11,17H,5,9H2,1-4H3. The zero-order valence-electron chi connectivity index (χ0n) is 11.5. The van der Waals surface area contributed by atoms with Gasteiger partial charge in [0.2, 0.25) is 0 Å². The van der Waals surface area contributed by atoms with E-state index in [2.05, 4.69) is 53.2 Å². The van der Waals surface area contributed by atoms with Crippen LogP contribution in [0.2, 0.25) is 0 Å². The summed E-state index contributed by atoms with van der Waals surface area (Å²) in [5.74, 6) is 1.13. The minimum Gasteiger partial charge on any atom is -0.389 e. The third-order valence-electron chi connectivity index (χ3n) is 3.22. The molecule has 1 aromatic rings. The fourth-order valence-corrected chi connectivity index (χ4v) is 3.52. The smallest absolute Gasteiger partial charge is 0.0772 e. The van der Waals surface area contributed by atoms with Crippen LogP contribution in [-0.2, 0) is 0 Å². The fraction of sp³-hybridized carbons (Fsp3) is 0.571. The van der Waals surface area contributed by atoms with Gasteiger partial charge in [0.25, 0.3) is 0 Å². The van der Waals surface area contributed by atoms with Gasteiger partial charge in [0.15, 0.2) is 0 Å². The first-order valence-corrected chi connectivity index (χ1v) is 8.39. The van der Waals surface area contributed by atoms with Crippen molar-refractivity contribution in [1.29, 1.82) is 0 Å². The average molecular weight is 332 g/mol. The first-order valence-electron chi connectivity index (χ1n) is 6.20. The minimum absolute atomic E-state index is 0.438. The summed E-state index contributed by atoms with van der Waals surface area (Å²) in [7, 11) is 2.13. The molecule has 2 unspecified atom stereocenters. The van der Waals surface area contributed by atoms with Gasteiger partial charge in [0.1, 0.15) is 0 Å². The molecule has 0 saturated carbocycles. The van der Waals surface area contributed by atoms with Crippen LogP contribution in [0.15, 0.2) is 22.7 Å². The monoisotopic (exact) mass is 331 g/mol. The highest BCUT2D eigenvalue weighted by molar-refractivity contribution is 9.10. The summed E-state index contributed by atoms with van der Waals surface area (Å²) in [6.07, 6.45) is 2.84. The van der Waals surface area contributed by atoms with Gasteiger partial charge in [-0.15, -0.1) is 0 Å². The second-order valence-electron chi connectivity index (χ2n) is 4.51. The maximum absolute atomic E-state index is 9.63. The van der Waals surface area contributed by atoms with Gasteiger partial charge in [0.05, 0.1) is 6.10 Å². The first-order chi connectivity index (χ1) is 8.51. The summed E-state index contributed by atoms with van der Waals surface area (Å²) in [6.45, 7) is 4.00. The summed E-state index contributed by atoms with van der Waals surface area (Å²) in [6, 6.07) is 6.71. The van der Waals surface area contributed by atoms with Crippen molar-refractivity contribution in [2.45, 2.75) is 32.4 Å². The Kier molecular flexibility index (Phi) is 6.53. The van der Waals surface area contributed by atoms with Gasteiger partial charge in [0, 0.05) is 29.0 Å². The molecule has 0 aliphatic heterocycles. The molecule has 2 atom stereocenters. The zero-order chi connectivity index (χ0) is 13.7. The number of thioether (sulfide) groups is 1. The predicted molar refractivity (Wildman–Crippen MR) is 85.6 cm³/mol. The number of rotatable bonds is 6. The van der Waals surface area contributed by atoms with Crippen LogP contribution in [0.3, 0.4) is 0 Å². The highest BCUT2D eigenvalue weighted by atomic mass is 79.9. The lowest BCUT2D eigenvalue weighted by Crippen LogP contribution is -2.33. The molecule has 4 heteroatoms. The molecule has 0 amide bonds. The molecular weight excluding hydrogens is 310 g/mol. The second kappa shape index (κ2) is 7.41. The van der Waals surface area contributed by atoms with Crippen molar-refractivity contribution in [3.63, 3.8) is 0 Å². The Balaban J connectivity index is 2.92. The van der Waals surface area contributed by atoms with Crippen LogP contribution in [0.5, 0.6) is 0 Å². The quantitative estimate of drug-likeness (QED) is 0.849. The van der Waals surface area contributed by atoms with Crippen LogP contribution in [0.4, 0.5) is 5.69 Å².